The second kappa shape index (κ2) is 15.9. The zero-order valence-electron chi connectivity index (χ0n) is 25.9. The van der Waals surface area contributed by atoms with Crippen LogP contribution in [-0.2, 0) is 27.2 Å². The molecule has 0 radical (unpaired) electrons. The minimum Gasteiger partial charge on any atom is -0.465 e. The summed E-state index contributed by atoms with van der Waals surface area (Å²) < 4.78 is 5.05. The molecule has 3 amide bonds. The number of carbonyl (C=O) groups excluding carboxylic acids is 4. The van der Waals surface area contributed by atoms with Gasteiger partial charge in [-0.2, -0.15) is 0 Å². The third-order valence-electron chi connectivity index (χ3n) is 7.52. The molecule has 1 aliphatic rings. The van der Waals surface area contributed by atoms with E-state index >= 15 is 0 Å². The van der Waals surface area contributed by atoms with Gasteiger partial charge in [0.1, 0.15) is 10.7 Å². The number of benzene rings is 3. The molecule has 0 aliphatic heterocycles. The zero-order valence-corrected chi connectivity index (χ0v) is 28.3. The van der Waals surface area contributed by atoms with Gasteiger partial charge in [-0.05, 0) is 91.8 Å². The van der Waals surface area contributed by atoms with E-state index in [0.717, 1.165) is 41.0 Å². The maximum absolute atomic E-state index is 13.5. The van der Waals surface area contributed by atoms with Crippen molar-refractivity contribution in [3.63, 3.8) is 0 Å². The Morgan fingerprint density at radius 2 is 1.72 bits per heavy atom. The Hall–Kier alpha value is -4.38. The summed E-state index contributed by atoms with van der Waals surface area (Å²) in [4.78, 5) is 54.5. The van der Waals surface area contributed by atoms with Crippen LogP contribution in [-0.4, -0.2) is 36.1 Å². The third-order valence-corrected chi connectivity index (χ3v) is 10.3. The average Bonchev–Trinajstić information content (AvgIpc) is 3.44. The number of hydrogen-bond acceptors (Lipinski definition) is 7. The molecule has 242 valence electrons. The second-order valence-electron chi connectivity index (χ2n) is 10.8. The average molecular weight is 688 g/mol. The Morgan fingerprint density at radius 3 is 2.47 bits per heavy atom. The first-order chi connectivity index (χ1) is 22.7. The van der Waals surface area contributed by atoms with Crippen molar-refractivity contribution >= 4 is 75.2 Å². The number of halogens is 1. The summed E-state index contributed by atoms with van der Waals surface area (Å²) in [6.07, 6.45) is 5.82. The van der Waals surface area contributed by atoms with Gasteiger partial charge < -0.3 is 20.7 Å². The smallest absolute Gasteiger partial charge is 0.341 e. The number of methoxy groups -OCH3 is 1. The number of rotatable bonds is 11. The second-order valence-corrected chi connectivity index (χ2v) is 13.6. The fourth-order valence-corrected chi connectivity index (χ4v) is 7.69. The minimum atomic E-state index is -0.529. The van der Waals surface area contributed by atoms with Gasteiger partial charge in [0.05, 0.1) is 17.9 Å². The molecule has 0 saturated heterocycles. The van der Waals surface area contributed by atoms with Crippen LogP contribution in [0.1, 0.15) is 62.9 Å². The molecular weight excluding hydrogens is 654 g/mol. The molecule has 8 nitrogen and oxygen atoms in total. The van der Waals surface area contributed by atoms with E-state index < -0.39 is 23.0 Å². The van der Waals surface area contributed by atoms with Crippen LogP contribution in [0.3, 0.4) is 0 Å². The summed E-state index contributed by atoms with van der Waals surface area (Å²) in [6.45, 7) is 1.92. The van der Waals surface area contributed by atoms with Crippen molar-refractivity contribution in [3.05, 3.63) is 117 Å². The number of fused-ring (bicyclic) bond motifs is 1. The van der Waals surface area contributed by atoms with Crippen molar-refractivity contribution in [3.8, 4) is 0 Å². The van der Waals surface area contributed by atoms with Crippen molar-refractivity contribution in [1.29, 1.82) is 0 Å². The lowest BCUT2D eigenvalue weighted by molar-refractivity contribution is -0.116. The topological polar surface area (TPSA) is 114 Å². The normalized spacial score (nSPS) is 13.2. The van der Waals surface area contributed by atoms with Gasteiger partial charge >= 0.3 is 5.97 Å². The Bertz CT molecular complexity index is 1820. The first kappa shape index (κ1) is 34.0. The summed E-state index contributed by atoms with van der Waals surface area (Å²) in [5, 5.41) is 9.16. The molecule has 4 aromatic rings. The van der Waals surface area contributed by atoms with E-state index in [9.17, 15) is 19.2 Å². The van der Waals surface area contributed by atoms with Crippen LogP contribution in [0.15, 0.2) is 89.5 Å². The number of thiophene rings is 1. The Labute approximate surface area is 286 Å². The van der Waals surface area contributed by atoms with Gasteiger partial charge in [-0.1, -0.05) is 54.9 Å². The summed E-state index contributed by atoms with van der Waals surface area (Å²) in [7, 11) is 1.35. The molecule has 5 rings (SSSR count). The quantitative estimate of drug-likeness (QED) is 0.0837. The van der Waals surface area contributed by atoms with E-state index in [1.165, 1.54) is 30.2 Å². The van der Waals surface area contributed by atoms with E-state index in [4.69, 9.17) is 16.3 Å². The highest BCUT2D eigenvalue weighted by atomic mass is 35.5. The molecule has 1 heterocycles. The first-order valence-electron chi connectivity index (χ1n) is 15.2. The van der Waals surface area contributed by atoms with Crippen molar-refractivity contribution < 1.29 is 23.9 Å². The first-order valence-corrected chi connectivity index (χ1v) is 17.3. The molecule has 0 fully saturated rings. The van der Waals surface area contributed by atoms with E-state index in [-0.39, 0.29) is 11.6 Å². The molecule has 1 atom stereocenters. The summed E-state index contributed by atoms with van der Waals surface area (Å²) in [5.74, 6) is -1.62. The molecule has 47 heavy (non-hydrogen) atoms. The molecule has 1 aliphatic carbocycles. The van der Waals surface area contributed by atoms with E-state index in [1.54, 1.807) is 78.9 Å². The number of anilines is 2. The van der Waals surface area contributed by atoms with E-state index in [0.29, 0.717) is 38.8 Å². The molecule has 1 unspecified atom stereocenters. The minimum absolute atomic E-state index is 0.0324. The van der Waals surface area contributed by atoms with Crippen LogP contribution >= 0.6 is 34.7 Å². The maximum atomic E-state index is 13.5. The summed E-state index contributed by atoms with van der Waals surface area (Å²) in [5.41, 5.74) is 3.01. The number of amides is 3. The number of ether oxygens (including phenoxy) is 1. The lowest BCUT2D eigenvalue weighted by Gasteiger charge is -2.16. The predicted molar refractivity (Wildman–Crippen MR) is 189 cm³/mol. The lowest BCUT2D eigenvalue weighted by Crippen LogP contribution is -2.30. The molecule has 3 aromatic carbocycles. The van der Waals surface area contributed by atoms with Gasteiger partial charge in [-0.3, -0.25) is 14.4 Å². The van der Waals surface area contributed by atoms with Crippen molar-refractivity contribution in [2.75, 3.05) is 17.7 Å². The van der Waals surface area contributed by atoms with Gasteiger partial charge in [0.25, 0.3) is 11.8 Å². The third kappa shape index (κ3) is 8.71. The Morgan fingerprint density at radius 1 is 0.957 bits per heavy atom. The lowest BCUT2D eigenvalue weighted by atomic mass is 9.95. The summed E-state index contributed by atoms with van der Waals surface area (Å²) in [6, 6.07) is 22.7. The molecule has 3 N–H and O–H groups in total. The standard InChI is InChI=1S/C36H34ClN3O5S2/c1-3-29(34(43)40-35-31(36(44)45-2)27-17-7-8-18-30(27)47-35)46-26-16-10-15-25(21-26)38-33(42)28(20-22-11-9-14-24(37)19-22)39-32(41)23-12-5-4-6-13-23/h4-6,9-16,19-21,29H,3,7-8,17-18H2,1-2H3,(H,38,42)(H,39,41)(H,40,43)/b28-20-. The van der Waals surface area contributed by atoms with Crippen LogP contribution < -0.4 is 16.0 Å². The van der Waals surface area contributed by atoms with Crippen LogP contribution in [0.25, 0.3) is 6.08 Å². The van der Waals surface area contributed by atoms with Gasteiger partial charge in [-0.15, -0.1) is 23.1 Å². The molecular formula is C36H34ClN3O5S2. The van der Waals surface area contributed by atoms with Gasteiger partial charge in [0.2, 0.25) is 5.91 Å². The van der Waals surface area contributed by atoms with Crippen LogP contribution in [0, 0.1) is 0 Å². The van der Waals surface area contributed by atoms with Gasteiger partial charge in [-0.25, -0.2) is 4.79 Å². The number of aryl methyl sites for hydroxylation is 1. The van der Waals surface area contributed by atoms with Crippen molar-refractivity contribution in [1.82, 2.24) is 5.32 Å². The van der Waals surface area contributed by atoms with Crippen molar-refractivity contribution in [2.24, 2.45) is 0 Å². The van der Waals surface area contributed by atoms with Crippen LogP contribution in [0.2, 0.25) is 5.02 Å². The van der Waals surface area contributed by atoms with E-state index in [1.807, 2.05) is 13.0 Å². The molecule has 11 heteroatoms. The monoisotopic (exact) mass is 687 g/mol. The number of thioether (sulfide) groups is 1. The van der Waals surface area contributed by atoms with Crippen LogP contribution in [0.5, 0.6) is 0 Å². The fourth-order valence-electron chi connectivity index (χ4n) is 5.20. The number of hydrogen-bond donors (Lipinski definition) is 3. The van der Waals surface area contributed by atoms with Gasteiger partial charge in [0, 0.05) is 26.0 Å². The summed E-state index contributed by atoms with van der Waals surface area (Å²) >= 11 is 8.97. The largest absolute Gasteiger partial charge is 0.465 e. The van der Waals surface area contributed by atoms with Gasteiger partial charge in [0.15, 0.2) is 0 Å². The SMILES string of the molecule is CCC(Sc1cccc(NC(=O)/C(=C/c2cccc(Cl)c2)NC(=O)c2ccccc2)c1)C(=O)Nc1sc2c(c1C(=O)OC)CCCC2. The Balaban J connectivity index is 1.31. The maximum Gasteiger partial charge on any atom is 0.341 e. The number of esters is 1. The Kier molecular flexibility index (Phi) is 11.5. The molecule has 0 spiro atoms. The molecule has 1 aromatic heterocycles. The van der Waals surface area contributed by atoms with Crippen molar-refractivity contribution in [2.45, 2.75) is 49.2 Å². The predicted octanol–water partition coefficient (Wildman–Crippen LogP) is 7.99. The van der Waals surface area contributed by atoms with E-state index in [2.05, 4.69) is 16.0 Å². The molecule has 0 saturated carbocycles. The highest BCUT2D eigenvalue weighted by molar-refractivity contribution is 8.00. The zero-order chi connectivity index (χ0) is 33.3. The highest BCUT2D eigenvalue weighted by Gasteiger charge is 2.28. The van der Waals surface area contributed by atoms with Crippen LogP contribution in [0.4, 0.5) is 10.7 Å². The number of carbonyl (C=O) groups is 4. The molecule has 0 bridgehead atoms. The highest BCUT2D eigenvalue weighted by Crippen LogP contribution is 2.39. The number of nitrogens with one attached hydrogen (secondary N) is 3. The fraction of sp³-hybridized carbons (Fsp3) is 0.222.